The second-order valence-corrected chi connectivity index (χ2v) is 8.01. The Hall–Kier alpha value is -4.54. The molecule has 2 heterocycles. The van der Waals surface area contributed by atoms with Crippen molar-refractivity contribution in [1.82, 2.24) is 25.3 Å². The van der Waals surface area contributed by atoms with Gasteiger partial charge in [0.1, 0.15) is 11.9 Å². The summed E-state index contributed by atoms with van der Waals surface area (Å²) in [4.78, 5) is 42.9. The van der Waals surface area contributed by atoms with E-state index in [1.54, 1.807) is 25.2 Å². The summed E-state index contributed by atoms with van der Waals surface area (Å²) in [6, 6.07) is 11.6. The Morgan fingerprint density at radius 1 is 1.11 bits per heavy atom. The van der Waals surface area contributed by atoms with E-state index in [1.165, 1.54) is 24.3 Å². The molecular weight excluding hydrogens is 453 g/mol. The number of aromatic nitrogens is 4. The highest BCUT2D eigenvalue weighted by Crippen LogP contribution is 2.20. The molecule has 0 saturated heterocycles. The largest absolute Gasteiger partial charge is 0.456 e. The number of esters is 1. The van der Waals surface area contributed by atoms with Crippen LogP contribution in [0.1, 0.15) is 21.7 Å². The highest BCUT2D eigenvalue weighted by atomic mass is 19.1. The number of hydrogen-bond acceptors (Lipinski definition) is 8. The molecule has 180 valence electrons. The van der Waals surface area contributed by atoms with Gasteiger partial charge >= 0.3 is 5.97 Å². The number of amides is 1. The summed E-state index contributed by atoms with van der Waals surface area (Å²) >= 11 is 0. The maximum Gasteiger partial charge on any atom is 0.329 e. The number of H-pyrrole nitrogens is 1. The Labute approximate surface area is 200 Å². The van der Waals surface area contributed by atoms with Crippen LogP contribution in [0.3, 0.4) is 0 Å². The standard InChI is InChI=1S/C24H24FN7O3/c1-32(2)24-30-20(29-23(26)31-24)13-35-22(34)19(28-21(33)14-7-9-16(25)10-8-14)11-15-12-27-18-6-4-3-5-17(15)18/h3-10,12,19,27H,11,13H2,1-2H3,(H,28,33)(H2,26,29,30,31). The van der Waals surface area contributed by atoms with Crippen molar-refractivity contribution in [1.29, 1.82) is 0 Å². The average Bonchev–Trinajstić information content (AvgIpc) is 3.25. The van der Waals surface area contributed by atoms with Gasteiger partial charge in [-0.05, 0) is 35.9 Å². The number of nitrogens with one attached hydrogen (secondary N) is 2. The Kier molecular flexibility index (Phi) is 6.86. The van der Waals surface area contributed by atoms with Crippen LogP contribution in [-0.2, 0) is 22.6 Å². The zero-order valence-corrected chi connectivity index (χ0v) is 19.2. The first-order chi connectivity index (χ1) is 16.8. The van der Waals surface area contributed by atoms with Gasteiger partial charge in [0.15, 0.2) is 12.4 Å². The molecule has 0 spiro atoms. The van der Waals surface area contributed by atoms with Crippen LogP contribution in [0.5, 0.6) is 0 Å². The molecular formula is C24H24FN7O3. The first-order valence-electron chi connectivity index (χ1n) is 10.8. The van der Waals surface area contributed by atoms with Gasteiger partial charge in [-0.3, -0.25) is 4.79 Å². The zero-order valence-electron chi connectivity index (χ0n) is 19.2. The summed E-state index contributed by atoms with van der Waals surface area (Å²) in [5.74, 6) is -1.20. The van der Waals surface area contributed by atoms with Gasteiger partial charge in [-0.15, -0.1) is 0 Å². The number of carbonyl (C=O) groups excluding carboxylic acids is 2. The molecule has 4 aromatic rings. The van der Waals surface area contributed by atoms with Crippen LogP contribution < -0.4 is 16.0 Å². The van der Waals surface area contributed by atoms with E-state index in [1.807, 2.05) is 24.3 Å². The van der Waals surface area contributed by atoms with Crippen LogP contribution in [0.2, 0.25) is 0 Å². The van der Waals surface area contributed by atoms with Crippen LogP contribution in [0.4, 0.5) is 16.3 Å². The Balaban J connectivity index is 1.54. The van der Waals surface area contributed by atoms with Gasteiger partial charge < -0.3 is 25.7 Å². The number of ether oxygens (including phenoxy) is 1. The second-order valence-electron chi connectivity index (χ2n) is 8.01. The number of carbonyl (C=O) groups is 2. The summed E-state index contributed by atoms with van der Waals surface area (Å²) in [5.41, 5.74) is 7.66. The zero-order chi connectivity index (χ0) is 24.9. The number of benzene rings is 2. The topological polar surface area (TPSA) is 139 Å². The molecule has 4 rings (SSSR count). The van der Waals surface area contributed by atoms with E-state index in [2.05, 4.69) is 25.3 Å². The summed E-state index contributed by atoms with van der Waals surface area (Å²) in [6.07, 6.45) is 1.95. The highest BCUT2D eigenvalue weighted by Gasteiger charge is 2.25. The van der Waals surface area contributed by atoms with Crippen LogP contribution in [0.25, 0.3) is 10.9 Å². The molecule has 2 aromatic heterocycles. The van der Waals surface area contributed by atoms with Gasteiger partial charge in [-0.1, -0.05) is 18.2 Å². The van der Waals surface area contributed by atoms with Crippen LogP contribution in [0.15, 0.2) is 54.7 Å². The Morgan fingerprint density at radius 3 is 2.60 bits per heavy atom. The monoisotopic (exact) mass is 477 g/mol. The van der Waals surface area contributed by atoms with E-state index >= 15 is 0 Å². The number of nitrogens with zero attached hydrogens (tertiary/aromatic N) is 4. The first-order valence-corrected chi connectivity index (χ1v) is 10.8. The second kappa shape index (κ2) is 10.2. The van der Waals surface area contributed by atoms with Crippen molar-refractivity contribution < 1.29 is 18.7 Å². The highest BCUT2D eigenvalue weighted by molar-refractivity contribution is 5.97. The summed E-state index contributed by atoms with van der Waals surface area (Å²) < 4.78 is 18.7. The number of aromatic amines is 1. The number of hydrogen-bond donors (Lipinski definition) is 3. The molecule has 0 aliphatic carbocycles. The molecule has 0 bridgehead atoms. The maximum atomic E-state index is 13.3. The quantitative estimate of drug-likeness (QED) is 0.328. The maximum absolute atomic E-state index is 13.3. The predicted molar refractivity (Wildman–Crippen MR) is 128 cm³/mol. The number of halogens is 1. The van der Waals surface area contributed by atoms with Gasteiger partial charge in [-0.2, -0.15) is 15.0 Å². The van der Waals surface area contributed by atoms with Gasteiger partial charge in [-0.25, -0.2) is 9.18 Å². The van der Waals surface area contributed by atoms with E-state index < -0.39 is 23.7 Å². The van der Waals surface area contributed by atoms with Crippen molar-refractivity contribution in [3.05, 3.63) is 77.5 Å². The molecule has 0 radical (unpaired) electrons. The summed E-state index contributed by atoms with van der Waals surface area (Å²) in [5, 5.41) is 3.62. The average molecular weight is 478 g/mol. The van der Waals surface area contributed by atoms with E-state index in [9.17, 15) is 14.0 Å². The fourth-order valence-corrected chi connectivity index (χ4v) is 3.48. The van der Waals surface area contributed by atoms with E-state index in [0.29, 0.717) is 5.95 Å². The minimum Gasteiger partial charge on any atom is -0.456 e. The normalized spacial score (nSPS) is 11.7. The van der Waals surface area contributed by atoms with Crippen molar-refractivity contribution in [2.24, 2.45) is 0 Å². The smallest absolute Gasteiger partial charge is 0.329 e. The molecule has 10 nitrogen and oxygen atoms in total. The molecule has 0 saturated carbocycles. The molecule has 35 heavy (non-hydrogen) atoms. The number of fused-ring (bicyclic) bond motifs is 1. The molecule has 0 fully saturated rings. The first kappa shape index (κ1) is 23.6. The third-order valence-electron chi connectivity index (χ3n) is 5.23. The molecule has 1 unspecified atom stereocenters. The Morgan fingerprint density at radius 2 is 1.86 bits per heavy atom. The minimum atomic E-state index is -1.03. The fraction of sp³-hybridized carbons (Fsp3) is 0.208. The molecule has 2 aromatic carbocycles. The third-order valence-corrected chi connectivity index (χ3v) is 5.23. The van der Waals surface area contributed by atoms with E-state index in [0.717, 1.165) is 16.5 Å². The van der Waals surface area contributed by atoms with Gasteiger partial charge in [0.25, 0.3) is 5.91 Å². The van der Waals surface area contributed by atoms with Crippen molar-refractivity contribution in [3.63, 3.8) is 0 Å². The fourth-order valence-electron chi connectivity index (χ4n) is 3.48. The lowest BCUT2D eigenvalue weighted by molar-refractivity contribution is -0.147. The van der Waals surface area contributed by atoms with Crippen molar-refractivity contribution >= 4 is 34.7 Å². The van der Waals surface area contributed by atoms with E-state index in [4.69, 9.17) is 10.5 Å². The lowest BCUT2D eigenvalue weighted by Gasteiger charge is -2.18. The molecule has 1 atom stereocenters. The van der Waals surface area contributed by atoms with Crippen molar-refractivity contribution in [2.45, 2.75) is 19.1 Å². The molecule has 0 aliphatic heterocycles. The number of rotatable bonds is 8. The molecule has 0 aliphatic rings. The van der Waals surface area contributed by atoms with Crippen molar-refractivity contribution in [2.75, 3.05) is 24.7 Å². The van der Waals surface area contributed by atoms with Crippen LogP contribution >= 0.6 is 0 Å². The van der Waals surface area contributed by atoms with Gasteiger partial charge in [0, 0.05) is 43.2 Å². The lowest BCUT2D eigenvalue weighted by atomic mass is 10.0. The molecule has 1 amide bonds. The Bertz CT molecular complexity index is 1360. The molecule has 4 N–H and O–H groups in total. The van der Waals surface area contributed by atoms with Gasteiger partial charge in [0.2, 0.25) is 11.9 Å². The summed E-state index contributed by atoms with van der Waals surface area (Å²) in [7, 11) is 3.49. The van der Waals surface area contributed by atoms with Crippen LogP contribution in [-0.4, -0.2) is 51.9 Å². The number of anilines is 2. The number of nitrogen functional groups attached to an aromatic ring is 1. The van der Waals surface area contributed by atoms with E-state index in [-0.39, 0.29) is 30.4 Å². The molecule has 11 heteroatoms. The van der Waals surface area contributed by atoms with Crippen molar-refractivity contribution in [3.8, 4) is 0 Å². The predicted octanol–water partition coefficient (Wildman–Crippen LogP) is 2.22. The SMILES string of the molecule is CN(C)c1nc(N)nc(COC(=O)C(Cc2c[nH]c3ccccc23)NC(=O)c2ccc(F)cc2)n1. The minimum absolute atomic E-state index is 0.00490. The van der Waals surface area contributed by atoms with Gasteiger partial charge in [0.05, 0.1) is 0 Å². The number of para-hydroxylation sites is 1. The lowest BCUT2D eigenvalue weighted by Crippen LogP contribution is -2.43. The summed E-state index contributed by atoms with van der Waals surface area (Å²) in [6.45, 7) is -0.261. The number of nitrogens with two attached hydrogens (primary N) is 1. The van der Waals surface area contributed by atoms with Crippen LogP contribution in [0, 0.1) is 5.82 Å². The third kappa shape index (κ3) is 5.69.